The molecular formula is C20H20ClNO3. The summed E-state index contributed by atoms with van der Waals surface area (Å²) in [6.45, 7) is 2.22. The summed E-state index contributed by atoms with van der Waals surface area (Å²) in [7, 11) is 0. The number of hydrogen-bond donors (Lipinski definition) is 1. The molecule has 4 nitrogen and oxygen atoms in total. The molecule has 0 radical (unpaired) electrons. The Bertz CT molecular complexity index is 771. The monoisotopic (exact) mass is 357 g/mol. The number of esters is 1. The summed E-state index contributed by atoms with van der Waals surface area (Å²) in [5.41, 5.74) is 3.08. The molecule has 2 aromatic rings. The molecule has 0 saturated carbocycles. The normalized spacial score (nSPS) is 10.6. The lowest BCUT2D eigenvalue weighted by Crippen LogP contribution is -2.30. The number of aryl methyl sites for hydroxylation is 1. The van der Waals surface area contributed by atoms with E-state index >= 15 is 0 Å². The van der Waals surface area contributed by atoms with Gasteiger partial charge in [-0.25, -0.2) is 4.79 Å². The number of ether oxygens (including phenoxy) is 1. The van der Waals surface area contributed by atoms with Gasteiger partial charge < -0.3 is 10.1 Å². The van der Waals surface area contributed by atoms with Crippen molar-refractivity contribution in [2.45, 2.75) is 13.3 Å². The second-order valence-corrected chi connectivity index (χ2v) is 5.90. The van der Waals surface area contributed by atoms with Gasteiger partial charge in [0.15, 0.2) is 6.61 Å². The van der Waals surface area contributed by atoms with Gasteiger partial charge in [0, 0.05) is 17.6 Å². The van der Waals surface area contributed by atoms with Crippen molar-refractivity contribution < 1.29 is 14.3 Å². The summed E-state index contributed by atoms with van der Waals surface area (Å²) >= 11 is 5.99. The van der Waals surface area contributed by atoms with Gasteiger partial charge in [0.05, 0.1) is 0 Å². The number of carbonyl (C=O) groups is 2. The van der Waals surface area contributed by atoms with Crippen LogP contribution in [0.3, 0.4) is 0 Å². The minimum Gasteiger partial charge on any atom is -0.452 e. The fourth-order valence-corrected chi connectivity index (χ4v) is 2.43. The van der Waals surface area contributed by atoms with Crippen LogP contribution in [0.25, 0.3) is 6.08 Å². The molecule has 130 valence electrons. The summed E-state index contributed by atoms with van der Waals surface area (Å²) in [6.07, 6.45) is 3.54. The van der Waals surface area contributed by atoms with E-state index in [4.69, 9.17) is 16.3 Å². The average molecular weight is 358 g/mol. The Morgan fingerprint density at radius 1 is 1.12 bits per heavy atom. The first-order chi connectivity index (χ1) is 12.1. The van der Waals surface area contributed by atoms with Crippen LogP contribution in [0.4, 0.5) is 0 Å². The fourth-order valence-electron chi connectivity index (χ4n) is 2.23. The van der Waals surface area contributed by atoms with Crippen LogP contribution in [0, 0.1) is 6.92 Å². The molecule has 2 rings (SSSR count). The molecule has 0 atom stereocenters. The third-order valence-electron chi connectivity index (χ3n) is 3.63. The number of halogens is 1. The van der Waals surface area contributed by atoms with Gasteiger partial charge in [-0.2, -0.15) is 0 Å². The predicted octanol–water partition coefficient (Wildman–Crippen LogP) is 3.56. The van der Waals surface area contributed by atoms with Crippen LogP contribution in [0.5, 0.6) is 0 Å². The molecule has 0 heterocycles. The smallest absolute Gasteiger partial charge is 0.331 e. The highest BCUT2D eigenvalue weighted by molar-refractivity contribution is 6.32. The molecule has 0 aliphatic rings. The maximum atomic E-state index is 11.7. The second kappa shape index (κ2) is 9.64. The third-order valence-corrected chi connectivity index (χ3v) is 3.97. The Hall–Kier alpha value is -2.59. The molecule has 1 amide bonds. The molecule has 1 N–H and O–H groups in total. The van der Waals surface area contributed by atoms with E-state index < -0.39 is 5.97 Å². The average Bonchev–Trinajstić information content (AvgIpc) is 2.61. The minimum absolute atomic E-state index is 0.306. The molecule has 0 spiro atoms. The van der Waals surface area contributed by atoms with Crippen molar-refractivity contribution in [3.8, 4) is 0 Å². The van der Waals surface area contributed by atoms with Crippen molar-refractivity contribution in [1.82, 2.24) is 5.32 Å². The molecule has 0 aliphatic heterocycles. The van der Waals surface area contributed by atoms with E-state index in [-0.39, 0.29) is 12.5 Å². The van der Waals surface area contributed by atoms with E-state index in [1.54, 1.807) is 24.3 Å². The van der Waals surface area contributed by atoms with E-state index in [1.807, 2.05) is 37.3 Å². The van der Waals surface area contributed by atoms with Gasteiger partial charge in [0.1, 0.15) is 0 Å². The highest BCUT2D eigenvalue weighted by Gasteiger charge is 2.05. The van der Waals surface area contributed by atoms with E-state index in [1.165, 1.54) is 17.2 Å². The number of nitrogens with one attached hydrogen (secondary N) is 1. The summed E-state index contributed by atoms with van der Waals surface area (Å²) in [4.78, 5) is 23.4. The van der Waals surface area contributed by atoms with Gasteiger partial charge in [-0.3, -0.25) is 4.79 Å². The standard InChI is InChI=1S/C20H20ClNO3/c1-15-6-2-3-7-16(15)12-13-22-19(23)14-25-20(24)11-10-17-8-4-5-9-18(17)21/h2-11H,12-14H2,1H3,(H,22,23)/b11-10+. The minimum atomic E-state index is -0.589. The number of amides is 1. The van der Waals surface area contributed by atoms with Crippen molar-refractivity contribution >= 4 is 29.6 Å². The van der Waals surface area contributed by atoms with E-state index in [2.05, 4.69) is 5.32 Å². The molecule has 0 aromatic heterocycles. The molecule has 5 heteroatoms. The van der Waals surface area contributed by atoms with Crippen molar-refractivity contribution in [3.05, 3.63) is 76.3 Å². The van der Waals surface area contributed by atoms with Crippen molar-refractivity contribution in [2.24, 2.45) is 0 Å². The molecule has 0 unspecified atom stereocenters. The zero-order valence-corrected chi connectivity index (χ0v) is 14.8. The zero-order chi connectivity index (χ0) is 18.1. The summed E-state index contributed by atoms with van der Waals surface area (Å²) < 4.78 is 4.91. The topological polar surface area (TPSA) is 55.4 Å². The highest BCUT2D eigenvalue weighted by atomic mass is 35.5. The van der Waals surface area contributed by atoms with Gasteiger partial charge >= 0.3 is 5.97 Å². The first kappa shape index (κ1) is 18.7. The SMILES string of the molecule is Cc1ccccc1CCNC(=O)COC(=O)/C=C/c1ccccc1Cl. The number of benzene rings is 2. The van der Waals surface area contributed by atoms with Crippen molar-refractivity contribution in [2.75, 3.05) is 13.2 Å². The quantitative estimate of drug-likeness (QED) is 0.609. The van der Waals surface area contributed by atoms with E-state index in [9.17, 15) is 9.59 Å². The molecular weight excluding hydrogens is 338 g/mol. The summed E-state index contributed by atoms with van der Waals surface area (Å²) in [5, 5.41) is 3.28. The fraction of sp³-hybridized carbons (Fsp3) is 0.200. The Morgan fingerprint density at radius 3 is 2.60 bits per heavy atom. The lowest BCUT2D eigenvalue weighted by atomic mass is 10.1. The first-order valence-corrected chi connectivity index (χ1v) is 8.34. The van der Waals surface area contributed by atoms with Crippen molar-refractivity contribution in [1.29, 1.82) is 0 Å². The summed E-state index contributed by atoms with van der Waals surface area (Å²) in [5.74, 6) is -0.915. The Kier molecular flexibility index (Phi) is 7.23. The maximum absolute atomic E-state index is 11.7. The number of hydrogen-bond acceptors (Lipinski definition) is 3. The van der Waals surface area contributed by atoms with Crippen LogP contribution >= 0.6 is 11.6 Å². The van der Waals surface area contributed by atoms with E-state index in [0.29, 0.717) is 17.1 Å². The molecule has 0 aliphatic carbocycles. The van der Waals surface area contributed by atoms with E-state index in [0.717, 1.165) is 6.42 Å². The van der Waals surface area contributed by atoms with Gasteiger partial charge in [0.2, 0.25) is 0 Å². The summed E-state index contributed by atoms with van der Waals surface area (Å²) in [6, 6.07) is 15.1. The largest absolute Gasteiger partial charge is 0.452 e. The lowest BCUT2D eigenvalue weighted by molar-refractivity contribution is -0.143. The molecule has 2 aromatic carbocycles. The van der Waals surface area contributed by atoms with Crippen molar-refractivity contribution in [3.63, 3.8) is 0 Å². The van der Waals surface area contributed by atoms with Gasteiger partial charge in [-0.15, -0.1) is 0 Å². The van der Waals surface area contributed by atoms with Crippen LogP contribution in [-0.2, 0) is 20.7 Å². The molecule has 25 heavy (non-hydrogen) atoms. The highest BCUT2D eigenvalue weighted by Crippen LogP contribution is 2.16. The number of carbonyl (C=O) groups excluding carboxylic acids is 2. The third kappa shape index (κ3) is 6.43. The second-order valence-electron chi connectivity index (χ2n) is 5.49. The van der Waals surface area contributed by atoms with Crippen LogP contribution < -0.4 is 5.32 Å². The number of rotatable bonds is 7. The zero-order valence-electron chi connectivity index (χ0n) is 14.0. The van der Waals surface area contributed by atoms with Crippen LogP contribution in [0.2, 0.25) is 5.02 Å². The Labute approximate surface area is 152 Å². The van der Waals surface area contributed by atoms with Gasteiger partial charge in [-0.1, -0.05) is 54.1 Å². The molecule has 0 fully saturated rings. The maximum Gasteiger partial charge on any atom is 0.331 e. The van der Waals surface area contributed by atoms with Crippen LogP contribution in [0.1, 0.15) is 16.7 Å². The lowest BCUT2D eigenvalue weighted by Gasteiger charge is -2.07. The molecule has 0 bridgehead atoms. The Morgan fingerprint density at radius 2 is 1.84 bits per heavy atom. The van der Waals surface area contributed by atoms with Crippen LogP contribution in [0.15, 0.2) is 54.6 Å². The Balaban J connectivity index is 1.70. The van der Waals surface area contributed by atoms with Gasteiger partial charge in [-0.05, 0) is 42.2 Å². The van der Waals surface area contributed by atoms with Gasteiger partial charge in [0.25, 0.3) is 5.91 Å². The predicted molar refractivity (Wildman–Crippen MR) is 99.3 cm³/mol. The molecule has 0 saturated heterocycles. The van der Waals surface area contributed by atoms with Crippen LogP contribution in [-0.4, -0.2) is 25.0 Å². The first-order valence-electron chi connectivity index (χ1n) is 7.97.